The highest BCUT2D eigenvalue weighted by Gasteiger charge is 2.83. The first kappa shape index (κ1) is 25.4. The Labute approximate surface area is 148 Å². The predicted molar refractivity (Wildman–Crippen MR) is 72.1 cm³/mol. The molecule has 0 unspecified atom stereocenters. The maximum absolute atomic E-state index is 12.2. The van der Waals surface area contributed by atoms with Crippen molar-refractivity contribution in [1.82, 2.24) is 0 Å². The number of aromatic nitrogens is 1. The third-order valence-corrected chi connectivity index (χ3v) is 3.86. The highest BCUT2D eigenvalue weighted by atomic mass is 32.2. The Balaban J connectivity index is 0.000000569. The summed E-state index contributed by atoms with van der Waals surface area (Å²) >= 11 is 0. The van der Waals surface area contributed by atoms with Crippen molar-refractivity contribution >= 4 is 10.1 Å². The van der Waals surface area contributed by atoms with Gasteiger partial charge in [0, 0.05) is 18.6 Å². The Morgan fingerprint density at radius 3 is 1.63 bits per heavy atom. The molecule has 0 aliphatic heterocycles. The molecule has 1 aromatic rings. The first-order valence-corrected chi connectivity index (χ1v) is 8.44. The van der Waals surface area contributed by atoms with Crippen LogP contribution in [-0.4, -0.2) is 36.2 Å². The quantitative estimate of drug-likeness (QED) is 0.389. The lowest BCUT2D eigenvalue weighted by atomic mass is 10.1. The van der Waals surface area contributed by atoms with Crippen LogP contribution in [0.1, 0.15) is 19.8 Å². The average molecular weight is 435 g/mol. The van der Waals surface area contributed by atoms with Gasteiger partial charge in [-0.25, -0.2) is 13.0 Å². The summed E-state index contributed by atoms with van der Waals surface area (Å²) in [6.07, 6.45) is -0.410. The molecule has 0 radical (unpaired) electrons. The van der Waals surface area contributed by atoms with Gasteiger partial charge < -0.3 is 4.55 Å². The van der Waals surface area contributed by atoms with Gasteiger partial charge in [0.25, 0.3) is 0 Å². The molecule has 0 saturated carbocycles. The van der Waals surface area contributed by atoms with Gasteiger partial charge in [-0.3, -0.25) is 0 Å². The molecule has 0 amide bonds. The lowest BCUT2D eigenvalue weighted by molar-refractivity contribution is -0.697. The SMILES string of the molecule is CCCC[n+]1ccccc1.O=S(=O)([O-])C(F)(F)C(F)(F)C(F)(F)C(F)(F)F. The number of pyridine rings is 1. The fourth-order valence-corrected chi connectivity index (χ4v) is 1.88. The summed E-state index contributed by atoms with van der Waals surface area (Å²) in [7, 11) is -7.42. The van der Waals surface area contributed by atoms with E-state index in [-0.39, 0.29) is 0 Å². The first-order valence-electron chi connectivity index (χ1n) is 7.03. The maximum Gasteiger partial charge on any atom is 0.460 e. The number of alkyl halides is 9. The van der Waals surface area contributed by atoms with Gasteiger partial charge in [-0.15, -0.1) is 0 Å². The standard InChI is InChI=1S/C9H14N.C4HF9O3S/c1-2-3-7-10-8-5-4-6-9-10;5-1(6,3(9,10)11)2(7,8)4(12,13)17(14,15)16/h4-6,8-9H,2-3,7H2,1H3;(H,14,15,16)/q+1;/p-1. The molecule has 1 aromatic heterocycles. The van der Waals surface area contributed by atoms with Crippen molar-refractivity contribution in [1.29, 1.82) is 0 Å². The molecular formula is C13H14F9NO3S. The zero-order valence-electron chi connectivity index (χ0n) is 13.5. The van der Waals surface area contributed by atoms with Crippen LogP contribution in [-0.2, 0) is 16.7 Å². The molecule has 0 aliphatic carbocycles. The van der Waals surface area contributed by atoms with Gasteiger partial charge in [-0.05, 0) is 0 Å². The summed E-state index contributed by atoms with van der Waals surface area (Å²) < 4.78 is 138. The Kier molecular flexibility index (Phi) is 8.12. The summed E-state index contributed by atoms with van der Waals surface area (Å²) in [6, 6.07) is 6.17. The van der Waals surface area contributed by atoms with E-state index in [9.17, 15) is 52.5 Å². The molecule has 158 valence electrons. The number of halogens is 9. The van der Waals surface area contributed by atoms with E-state index >= 15 is 0 Å². The molecule has 0 N–H and O–H groups in total. The largest absolute Gasteiger partial charge is 0.743 e. The average Bonchev–Trinajstić information content (AvgIpc) is 2.52. The summed E-state index contributed by atoms with van der Waals surface area (Å²) in [5.41, 5.74) is 0. The second-order valence-electron chi connectivity index (χ2n) is 5.08. The fraction of sp³-hybridized carbons (Fsp3) is 0.615. The predicted octanol–water partition coefficient (Wildman–Crippen LogP) is 3.73. The van der Waals surface area contributed by atoms with E-state index in [0.29, 0.717) is 0 Å². The number of aryl methyl sites for hydroxylation is 1. The zero-order chi connectivity index (χ0) is 21.7. The molecule has 0 saturated heterocycles. The number of unbranched alkanes of at least 4 members (excludes halogenated alkanes) is 1. The Hall–Kier alpha value is -1.57. The Morgan fingerprint density at radius 1 is 0.852 bits per heavy atom. The van der Waals surface area contributed by atoms with Crippen LogP contribution in [0, 0.1) is 0 Å². The molecule has 1 rings (SSSR count). The molecule has 0 atom stereocenters. The second-order valence-corrected chi connectivity index (χ2v) is 6.51. The van der Waals surface area contributed by atoms with Crippen LogP contribution in [0.25, 0.3) is 0 Å². The molecule has 1 heterocycles. The molecule has 0 aromatic carbocycles. The molecule has 0 aliphatic rings. The van der Waals surface area contributed by atoms with E-state index in [1.807, 2.05) is 6.07 Å². The number of hydrogen-bond acceptors (Lipinski definition) is 3. The minimum Gasteiger partial charge on any atom is -0.743 e. The third kappa shape index (κ3) is 5.70. The van der Waals surface area contributed by atoms with Gasteiger partial charge in [0.05, 0.1) is 0 Å². The van der Waals surface area contributed by atoms with Gasteiger partial charge in [-0.1, -0.05) is 19.4 Å². The molecule has 0 spiro atoms. The van der Waals surface area contributed by atoms with Crippen molar-refractivity contribution in [2.75, 3.05) is 0 Å². The van der Waals surface area contributed by atoms with Crippen LogP contribution in [0.3, 0.4) is 0 Å². The normalized spacial score (nSPS) is 13.7. The van der Waals surface area contributed by atoms with Crippen LogP contribution < -0.4 is 4.57 Å². The van der Waals surface area contributed by atoms with E-state index < -0.39 is 33.4 Å². The lowest BCUT2D eigenvalue weighted by Gasteiger charge is -2.34. The fourth-order valence-electron chi connectivity index (χ4n) is 1.44. The summed E-state index contributed by atoms with van der Waals surface area (Å²) in [5, 5.41) is -7.11. The van der Waals surface area contributed by atoms with E-state index in [1.165, 1.54) is 12.8 Å². The third-order valence-electron chi connectivity index (χ3n) is 2.98. The van der Waals surface area contributed by atoms with E-state index in [4.69, 9.17) is 0 Å². The molecule has 0 bridgehead atoms. The number of rotatable bonds is 6. The van der Waals surface area contributed by atoms with Gasteiger partial charge >= 0.3 is 23.3 Å². The number of hydrogen-bond donors (Lipinski definition) is 0. The van der Waals surface area contributed by atoms with Crippen LogP contribution in [0.4, 0.5) is 39.5 Å². The van der Waals surface area contributed by atoms with E-state index in [2.05, 4.69) is 36.0 Å². The van der Waals surface area contributed by atoms with Crippen LogP contribution >= 0.6 is 0 Å². The highest BCUT2D eigenvalue weighted by molar-refractivity contribution is 7.86. The molecule has 0 fully saturated rings. The molecule has 27 heavy (non-hydrogen) atoms. The smallest absolute Gasteiger partial charge is 0.460 e. The molecular weight excluding hydrogens is 421 g/mol. The minimum absolute atomic E-state index is 1.15. The van der Waals surface area contributed by atoms with Crippen LogP contribution in [0.2, 0.25) is 0 Å². The Morgan fingerprint density at radius 2 is 1.30 bits per heavy atom. The van der Waals surface area contributed by atoms with Crippen molar-refractivity contribution in [3.63, 3.8) is 0 Å². The van der Waals surface area contributed by atoms with Crippen molar-refractivity contribution in [2.45, 2.75) is 49.6 Å². The monoisotopic (exact) mass is 435 g/mol. The summed E-state index contributed by atoms with van der Waals surface area (Å²) in [5.74, 6) is -14.8. The van der Waals surface area contributed by atoms with Crippen molar-refractivity contribution in [2.24, 2.45) is 0 Å². The summed E-state index contributed by atoms with van der Waals surface area (Å²) in [4.78, 5) is 0. The topological polar surface area (TPSA) is 61.1 Å². The van der Waals surface area contributed by atoms with Gasteiger partial charge in [0.2, 0.25) is 0 Å². The zero-order valence-corrected chi connectivity index (χ0v) is 14.3. The summed E-state index contributed by atoms with van der Waals surface area (Å²) in [6.45, 7) is 3.36. The van der Waals surface area contributed by atoms with Gasteiger partial charge in [0.1, 0.15) is 6.54 Å². The van der Waals surface area contributed by atoms with Gasteiger partial charge in [-0.2, -0.15) is 39.5 Å². The van der Waals surface area contributed by atoms with Crippen molar-refractivity contribution in [3.8, 4) is 0 Å². The van der Waals surface area contributed by atoms with E-state index in [0.717, 1.165) is 6.54 Å². The highest BCUT2D eigenvalue weighted by Crippen LogP contribution is 2.54. The lowest BCUT2D eigenvalue weighted by Crippen LogP contribution is -2.63. The van der Waals surface area contributed by atoms with Crippen molar-refractivity contribution in [3.05, 3.63) is 30.6 Å². The minimum atomic E-state index is -7.43. The van der Waals surface area contributed by atoms with Gasteiger partial charge in [0.15, 0.2) is 22.5 Å². The molecule has 14 heteroatoms. The second kappa shape index (κ2) is 8.63. The van der Waals surface area contributed by atoms with Crippen LogP contribution in [0.15, 0.2) is 30.6 Å². The number of nitrogens with zero attached hydrogens (tertiary/aromatic N) is 1. The Bertz CT molecular complexity index is 691. The van der Waals surface area contributed by atoms with Crippen LogP contribution in [0.5, 0.6) is 0 Å². The van der Waals surface area contributed by atoms with Crippen molar-refractivity contribution < 1.29 is 57.1 Å². The first-order chi connectivity index (χ1) is 11.9. The molecule has 4 nitrogen and oxygen atoms in total. The van der Waals surface area contributed by atoms with E-state index in [1.54, 1.807) is 0 Å². The maximum atomic E-state index is 12.2.